The van der Waals surface area contributed by atoms with Gasteiger partial charge < -0.3 is 15.0 Å². The first-order chi connectivity index (χ1) is 18.7. The quantitative estimate of drug-likeness (QED) is 0.412. The lowest BCUT2D eigenvalue weighted by Crippen LogP contribution is -2.51. The third-order valence-electron chi connectivity index (χ3n) is 7.55. The van der Waals surface area contributed by atoms with E-state index in [1.807, 2.05) is 52.6 Å². The first kappa shape index (κ1) is 24.9. The number of anilines is 1. The third-order valence-corrected chi connectivity index (χ3v) is 7.55. The van der Waals surface area contributed by atoms with Crippen molar-refractivity contribution in [2.24, 2.45) is 7.05 Å². The maximum absolute atomic E-state index is 12.3. The summed E-state index contributed by atoms with van der Waals surface area (Å²) in [4.78, 5) is 19.6. The number of rotatable bonds is 4. The summed E-state index contributed by atoms with van der Waals surface area (Å²) in [6, 6.07) is 9.23. The Labute approximate surface area is 227 Å². The minimum absolute atomic E-state index is 0.0997. The fourth-order valence-corrected chi connectivity index (χ4v) is 5.99. The molecular formula is C29H32N8O2. The van der Waals surface area contributed by atoms with Crippen molar-refractivity contribution in [3.8, 4) is 28.3 Å². The molecule has 0 spiro atoms. The molecule has 2 saturated heterocycles. The highest BCUT2D eigenvalue weighted by Crippen LogP contribution is 2.39. The van der Waals surface area contributed by atoms with Crippen molar-refractivity contribution < 1.29 is 9.53 Å². The van der Waals surface area contributed by atoms with Crippen LogP contribution in [0.1, 0.15) is 52.0 Å². The van der Waals surface area contributed by atoms with Crippen molar-refractivity contribution in [3.05, 3.63) is 54.7 Å². The number of hydrogen-bond acceptors (Lipinski definition) is 7. The Kier molecular flexibility index (Phi) is 6.02. The molecule has 3 atom stereocenters. The van der Waals surface area contributed by atoms with Crippen LogP contribution in [0.4, 0.5) is 10.6 Å². The van der Waals surface area contributed by atoms with Crippen molar-refractivity contribution in [2.45, 2.75) is 70.2 Å². The Balaban J connectivity index is 1.26. The second-order valence-corrected chi connectivity index (χ2v) is 11.5. The second kappa shape index (κ2) is 9.42. The Morgan fingerprint density at radius 1 is 1.05 bits per heavy atom. The monoisotopic (exact) mass is 524 g/mol. The van der Waals surface area contributed by atoms with Crippen LogP contribution in [0.25, 0.3) is 27.8 Å². The van der Waals surface area contributed by atoms with E-state index >= 15 is 0 Å². The van der Waals surface area contributed by atoms with Crippen molar-refractivity contribution >= 4 is 17.4 Å². The number of ether oxygens (including phenoxy) is 1. The number of piperidine rings is 1. The molecule has 200 valence electrons. The minimum atomic E-state index is -0.510. The molecule has 6 heterocycles. The molecule has 10 heteroatoms. The largest absolute Gasteiger partial charge is 0.444 e. The number of carbonyl (C=O) groups is 1. The molecule has 2 unspecified atom stereocenters. The summed E-state index contributed by atoms with van der Waals surface area (Å²) in [5.74, 6) is 0.940. The number of fused-ring (bicyclic) bond motifs is 3. The van der Waals surface area contributed by atoms with E-state index in [0.29, 0.717) is 17.6 Å². The standard InChI is InChI=1S/C29H32N8O2/c1-29(2,3)39-28(38)34-22-10-23-6-7-24(11-22)37(23)26-8-5-18(13-31-26)25-9-19(21-15-32-35(4)16-21)17-36-27(25)20(12-30)14-33-36/h5,8-9,13-17,22-24H,6-7,10-11H2,1-4H3,(H,34,38)/t22?,23-,24?/m1/s1. The van der Waals surface area contributed by atoms with Gasteiger partial charge in [-0.1, -0.05) is 0 Å². The van der Waals surface area contributed by atoms with Crippen LogP contribution < -0.4 is 10.2 Å². The van der Waals surface area contributed by atoms with E-state index in [0.717, 1.165) is 59.3 Å². The Hall–Kier alpha value is -4.39. The first-order valence-corrected chi connectivity index (χ1v) is 13.3. The van der Waals surface area contributed by atoms with Crippen molar-refractivity contribution in [3.63, 3.8) is 0 Å². The lowest BCUT2D eigenvalue weighted by atomic mass is 9.97. The van der Waals surface area contributed by atoms with Gasteiger partial charge in [0, 0.05) is 66.0 Å². The number of carbonyl (C=O) groups excluding carboxylic acids is 1. The highest BCUT2D eigenvalue weighted by molar-refractivity contribution is 5.87. The zero-order valence-electron chi connectivity index (χ0n) is 22.6. The SMILES string of the molecule is Cn1cc(-c2cc(-c3ccc(N4C5CC[C@@H]4CC(NC(=O)OC(C)(C)C)C5)nc3)c3c(C#N)cnn3c2)cn1. The Bertz CT molecular complexity index is 1560. The van der Waals surface area contributed by atoms with Gasteiger partial charge in [-0.3, -0.25) is 4.68 Å². The topological polar surface area (TPSA) is 113 Å². The van der Waals surface area contributed by atoms with E-state index in [-0.39, 0.29) is 12.1 Å². The molecule has 0 aromatic carbocycles. The fraction of sp³-hybridized carbons (Fsp3) is 0.414. The van der Waals surface area contributed by atoms with Gasteiger partial charge in [0.25, 0.3) is 0 Å². The average Bonchev–Trinajstić information content (AvgIpc) is 3.58. The highest BCUT2D eigenvalue weighted by atomic mass is 16.6. The van der Waals surface area contributed by atoms with Gasteiger partial charge in [-0.05, 0) is 64.7 Å². The lowest BCUT2D eigenvalue weighted by Gasteiger charge is -2.40. The van der Waals surface area contributed by atoms with Crippen molar-refractivity contribution in [1.82, 2.24) is 29.7 Å². The van der Waals surface area contributed by atoms with Gasteiger partial charge in [0.15, 0.2) is 0 Å². The lowest BCUT2D eigenvalue weighted by molar-refractivity contribution is 0.0492. The van der Waals surface area contributed by atoms with E-state index < -0.39 is 5.60 Å². The number of amides is 1. The van der Waals surface area contributed by atoms with E-state index in [2.05, 4.69) is 44.7 Å². The molecule has 39 heavy (non-hydrogen) atoms. The van der Waals surface area contributed by atoms with Crippen LogP contribution in [0.2, 0.25) is 0 Å². The molecule has 0 aliphatic carbocycles. The van der Waals surface area contributed by atoms with Gasteiger partial charge in [-0.25, -0.2) is 14.3 Å². The summed E-state index contributed by atoms with van der Waals surface area (Å²) in [5.41, 5.74) is 4.51. The zero-order chi connectivity index (χ0) is 27.3. The van der Waals surface area contributed by atoms with Crippen LogP contribution in [0.15, 0.2) is 49.2 Å². The highest BCUT2D eigenvalue weighted by Gasteiger charge is 2.42. The predicted molar refractivity (Wildman–Crippen MR) is 147 cm³/mol. The number of aromatic nitrogens is 5. The molecule has 0 saturated carbocycles. The summed E-state index contributed by atoms with van der Waals surface area (Å²) in [6.45, 7) is 5.63. The summed E-state index contributed by atoms with van der Waals surface area (Å²) in [5, 5.41) is 21.5. The molecule has 2 fully saturated rings. The molecule has 1 N–H and O–H groups in total. The Morgan fingerprint density at radius 2 is 1.82 bits per heavy atom. The molecule has 2 aliphatic heterocycles. The summed E-state index contributed by atoms with van der Waals surface area (Å²) >= 11 is 0. The minimum Gasteiger partial charge on any atom is -0.444 e. The third kappa shape index (κ3) is 4.80. The van der Waals surface area contributed by atoms with E-state index in [1.165, 1.54) is 0 Å². The van der Waals surface area contributed by atoms with Crippen LogP contribution in [0.5, 0.6) is 0 Å². The van der Waals surface area contributed by atoms with Crippen molar-refractivity contribution in [2.75, 3.05) is 4.90 Å². The number of hydrogen-bond donors (Lipinski definition) is 1. The molecule has 4 aromatic rings. The van der Waals surface area contributed by atoms with Crippen LogP contribution in [-0.2, 0) is 11.8 Å². The first-order valence-electron chi connectivity index (χ1n) is 13.3. The molecule has 0 radical (unpaired) electrons. The smallest absolute Gasteiger partial charge is 0.407 e. The van der Waals surface area contributed by atoms with Crippen LogP contribution in [-0.4, -0.2) is 54.2 Å². The van der Waals surface area contributed by atoms with Crippen LogP contribution in [0.3, 0.4) is 0 Å². The summed E-state index contributed by atoms with van der Waals surface area (Å²) in [6.07, 6.45) is 12.7. The van der Waals surface area contributed by atoms with Gasteiger partial charge in [0.2, 0.25) is 0 Å². The molecule has 2 aliphatic rings. The van der Waals surface area contributed by atoms with Crippen LogP contribution >= 0.6 is 0 Å². The molecule has 10 nitrogen and oxygen atoms in total. The molecule has 1 amide bonds. The molecule has 6 rings (SSSR count). The number of aryl methyl sites for hydroxylation is 1. The average molecular weight is 525 g/mol. The summed E-state index contributed by atoms with van der Waals surface area (Å²) in [7, 11) is 1.89. The predicted octanol–water partition coefficient (Wildman–Crippen LogP) is 4.69. The molecule has 4 aromatic heterocycles. The number of nitriles is 1. The van der Waals surface area contributed by atoms with Gasteiger partial charge in [0.1, 0.15) is 17.5 Å². The number of nitrogens with zero attached hydrogens (tertiary/aromatic N) is 7. The number of pyridine rings is 2. The number of nitrogens with one attached hydrogen (secondary N) is 1. The maximum Gasteiger partial charge on any atom is 0.407 e. The van der Waals surface area contributed by atoms with Gasteiger partial charge in [0.05, 0.1) is 23.5 Å². The Morgan fingerprint density at radius 3 is 2.44 bits per heavy atom. The van der Waals surface area contributed by atoms with Gasteiger partial charge >= 0.3 is 6.09 Å². The van der Waals surface area contributed by atoms with E-state index in [4.69, 9.17) is 9.72 Å². The molecular weight excluding hydrogens is 492 g/mol. The molecule has 2 bridgehead atoms. The fourth-order valence-electron chi connectivity index (χ4n) is 5.99. The van der Waals surface area contributed by atoms with Gasteiger partial charge in [-0.2, -0.15) is 15.5 Å². The maximum atomic E-state index is 12.3. The van der Waals surface area contributed by atoms with E-state index in [9.17, 15) is 10.1 Å². The zero-order valence-corrected chi connectivity index (χ0v) is 22.6. The summed E-state index contributed by atoms with van der Waals surface area (Å²) < 4.78 is 8.99. The normalized spacial score (nSPS) is 20.7. The van der Waals surface area contributed by atoms with E-state index in [1.54, 1.807) is 15.4 Å². The second-order valence-electron chi connectivity index (χ2n) is 11.5. The van der Waals surface area contributed by atoms with Crippen LogP contribution in [0, 0.1) is 11.3 Å². The van der Waals surface area contributed by atoms with Gasteiger partial charge in [-0.15, -0.1) is 0 Å². The number of alkyl carbamates (subject to hydrolysis) is 1. The van der Waals surface area contributed by atoms with Crippen molar-refractivity contribution in [1.29, 1.82) is 5.26 Å².